The number of imidazole rings is 1. The summed E-state index contributed by atoms with van der Waals surface area (Å²) in [5, 5.41) is 8.76. The van der Waals surface area contributed by atoms with Crippen molar-refractivity contribution in [2.24, 2.45) is 0 Å². The molecule has 0 unspecified atom stereocenters. The minimum atomic E-state index is -0.627. The molecule has 0 radical (unpaired) electrons. The molecule has 1 aliphatic heterocycles. The molecule has 9 nitrogen and oxygen atoms in total. The first kappa shape index (κ1) is 17.2. The number of ether oxygens (including phenoxy) is 1. The second-order valence-corrected chi connectivity index (χ2v) is 6.16. The van der Waals surface area contributed by atoms with E-state index in [0.717, 1.165) is 10.1 Å². The summed E-state index contributed by atoms with van der Waals surface area (Å²) in [4.78, 5) is 36.9. The zero-order valence-electron chi connectivity index (χ0n) is 14.1. The summed E-state index contributed by atoms with van der Waals surface area (Å²) in [6, 6.07) is 5.77. The molecule has 2 N–H and O–H groups in total. The second-order valence-electron chi connectivity index (χ2n) is 6.16. The van der Waals surface area contributed by atoms with E-state index < -0.39 is 11.7 Å². The second kappa shape index (κ2) is 6.80. The van der Waals surface area contributed by atoms with Gasteiger partial charge in [0.25, 0.3) is 0 Å². The lowest BCUT2D eigenvalue weighted by Crippen LogP contribution is -2.51. The topological polar surface area (TPSA) is 113 Å². The Labute approximate surface area is 152 Å². The monoisotopic (exact) mass is 373 g/mol. The normalized spacial score (nSPS) is 14.4. The van der Waals surface area contributed by atoms with Crippen LogP contribution in [0, 0.1) is 5.82 Å². The highest BCUT2D eigenvalue weighted by Gasteiger charge is 2.34. The van der Waals surface area contributed by atoms with Gasteiger partial charge in [-0.2, -0.15) is 4.98 Å². The summed E-state index contributed by atoms with van der Waals surface area (Å²) in [6.07, 6.45) is 1.31. The molecule has 1 aromatic carbocycles. The molecule has 0 aliphatic carbocycles. The molecule has 1 fully saturated rings. The first-order valence-corrected chi connectivity index (χ1v) is 8.33. The Balaban J connectivity index is 1.53. The molecule has 0 bridgehead atoms. The molecule has 0 atom stereocenters. The zero-order valence-corrected chi connectivity index (χ0v) is 14.1. The molecule has 0 saturated carbocycles. The number of benzene rings is 1. The Morgan fingerprint density at radius 1 is 1.41 bits per heavy atom. The highest BCUT2D eigenvalue weighted by atomic mass is 19.1. The average Bonchev–Trinajstić information content (AvgIpc) is 2.93. The maximum Gasteiger partial charge on any atom is 0.336 e. The third-order valence-corrected chi connectivity index (χ3v) is 4.40. The van der Waals surface area contributed by atoms with Gasteiger partial charge in [-0.05, 0) is 17.7 Å². The van der Waals surface area contributed by atoms with Crippen molar-refractivity contribution in [3.05, 3.63) is 52.3 Å². The summed E-state index contributed by atoms with van der Waals surface area (Å²) in [5.74, 6) is -0.290. The SMILES string of the molecule is O=C(N1CC(c2cccc(F)c2)C1)n1c(=O)[nH]c2nc(OCCO)ncc21. The molecule has 3 aromatic rings. The number of H-pyrrole nitrogens is 1. The highest BCUT2D eigenvalue weighted by molar-refractivity contribution is 5.87. The van der Waals surface area contributed by atoms with E-state index in [4.69, 9.17) is 9.84 Å². The number of nitrogens with zero attached hydrogens (tertiary/aromatic N) is 4. The number of carbonyl (C=O) groups is 1. The van der Waals surface area contributed by atoms with Crippen molar-refractivity contribution in [2.45, 2.75) is 5.92 Å². The van der Waals surface area contributed by atoms with Crippen LogP contribution in [-0.2, 0) is 0 Å². The molecule has 0 spiro atoms. The predicted octanol–water partition coefficient (Wildman–Crippen LogP) is 0.697. The summed E-state index contributed by atoms with van der Waals surface area (Å²) < 4.78 is 19.4. The maximum atomic E-state index is 13.3. The number of aromatic nitrogens is 4. The van der Waals surface area contributed by atoms with E-state index in [2.05, 4.69) is 15.0 Å². The van der Waals surface area contributed by atoms with E-state index >= 15 is 0 Å². The molecule has 2 aromatic heterocycles. The van der Waals surface area contributed by atoms with Gasteiger partial charge in [-0.25, -0.2) is 23.5 Å². The Morgan fingerprint density at radius 2 is 2.22 bits per heavy atom. The first-order valence-electron chi connectivity index (χ1n) is 8.33. The van der Waals surface area contributed by atoms with Crippen molar-refractivity contribution in [1.29, 1.82) is 0 Å². The summed E-state index contributed by atoms with van der Waals surface area (Å²) in [7, 11) is 0. The van der Waals surface area contributed by atoms with Crippen LogP contribution in [0.4, 0.5) is 9.18 Å². The van der Waals surface area contributed by atoms with Gasteiger partial charge in [0.2, 0.25) is 0 Å². The molecular formula is C17H16FN5O4. The van der Waals surface area contributed by atoms with Crippen LogP contribution < -0.4 is 10.4 Å². The van der Waals surface area contributed by atoms with Gasteiger partial charge in [0.1, 0.15) is 17.9 Å². The third kappa shape index (κ3) is 3.14. The first-order chi connectivity index (χ1) is 13.1. The Kier molecular flexibility index (Phi) is 4.32. The quantitative estimate of drug-likeness (QED) is 0.696. The predicted molar refractivity (Wildman–Crippen MR) is 92.2 cm³/mol. The number of carbonyl (C=O) groups excluding carboxylic acids is 1. The van der Waals surface area contributed by atoms with Gasteiger partial charge in [-0.3, -0.25) is 4.98 Å². The van der Waals surface area contributed by atoms with Gasteiger partial charge in [0.05, 0.1) is 12.8 Å². The van der Waals surface area contributed by atoms with Gasteiger partial charge in [-0.15, -0.1) is 0 Å². The largest absolute Gasteiger partial charge is 0.461 e. The maximum absolute atomic E-state index is 13.3. The molecule has 3 heterocycles. The smallest absolute Gasteiger partial charge is 0.336 e. The van der Waals surface area contributed by atoms with E-state index in [1.54, 1.807) is 6.07 Å². The number of rotatable bonds is 4. The van der Waals surface area contributed by atoms with Crippen LogP contribution in [0.3, 0.4) is 0 Å². The van der Waals surface area contributed by atoms with E-state index in [-0.39, 0.29) is 42.1 Å². The number of aliphatic hydroxyl groups excluding tert-OH is 1. The van der Waals surface area contributed by atoms with Crippen molar-refractivity contribution < 1.29 is 19.0 Å². The highest BCUT2D eigenvalue weighted by Crippen LogP contribution is 2.28. The van der Waals surface area contributed by atoms with Crippen LogP contribution in [-0.4, -0.2) is 61.9 Å². The minimum absolute atomic E-state index is 0.00693. The lowest BCUT2D eigenvalue weighted by Gasteiger charge is -2.39. The number of halogens is 1. The Hall–Kier alpha value is -3.27. The van der Waals surface area contributed by atoms with Gasteiger partial charge in [0, 0.05) is 19.0 Å². The number of hydrogen-bond donors (Lipinski definition) is 2. The molecule has 10 heteroatoms. The lowest BCUT2D eigenvalue weighted by molar-refractivity contribution is 0.153. The third-order valence-electron chi connectivity index (χ3n) is 4.40. The van der Waals surface area contributed by atoms with Crippen molar-refractivity contribution in [1.82, 2.24) is 24.4 Å². The van der Waals surface area contributed by atoms with Crippen molar-refractivity contribution in [2.75, 3.05) is 26.3 Å². The van der Waals surface area contributed by atoms with Crippen LogP contribution >= 0.6 is 0 Å². The van der Waals surface area contributed by atoms with E-state index in [1.807, 2.05) is 6.07 Å². The number of amides is 1. The van der Waals surface area contributed by atoms with Gasteiger partial charge in [0.15, 0.2) is 5.65 Å². The van der Waals surface area contributed by atoms with Gasteiger partial charge < -0.3 is 14.7 Å². The fourth-order valence-electron chi connectivity index (χ4n) is 3.03. The lowest BCUT2D eigenvalue weighted by atomic mass is 9.92. The number of likely N-dealkylation sites (tertiary alicyclic amines) is 1. The fourth-order valence-corrected chi connectivity index (χ4v) is 3.03. The van der Waals surface area contributed by atoms with Crippen LogP contribution in [0.5, 0.6) is 6.01 Å². The summed E-state index contributed by atoms with van der Waals surface area (Å²) in [6.45, 7) is 0.601. The molecule has 140 valence electrons. The average molecular weight is 373 g/mol. The van der Waals surface area contributed by atoms with Crippen molar-refractivity contribution >= 4 is 17.2 Å². The van der Waals surface area contributed by atoms with E-state index in [1.165, 1.54) is 23.2 Å². The fraction of sp³-hybridized carbons (Fsp3) is 0.294. The van der Waals surface area contributed by atoms with Gasteiger partial charge >= 0.3 is 17.7 Å². The van der Waals surface area contributed by atoms with Crippen LogP contribution in [0.2, 0.25) is 0 Å². The number of aromatic amines is 1. The minimum Gasteiger partial charge on any atom is -0.461 e. The number of aliphatic hydroxyl groups is 1. The molecule has 27 heavy (non-hydrogen) atoms. The van der Waals surface area contributed by atoms with E-state index in [0.29, 0.717) is 13.1 Å². The van der Waals surface area contributed by atoms with Crippen LogP contribution in [0.1, 0.15) is 11.5 Å². The molecule has 4 rings (SSSR count). The summed E-state index contributed by atoms with van der Waals surface area (Å²) in [5.41, 5.74) is 0.589. The van der Waals surface area contributed by atoms with Crippen LogP contribution in [0.25, 0.3) is 11.2 Å². The number of nitrogens with one attached hydrogen (secondary N) is 1. The molecule has 1 amide bonds. The number of hydrogen-bond acceptors (Lipinski definition) is 6. The Morgan fingerprint density at radius 3 is 2.96 bits per heavy atom. The standard InChI is InChI=1S/C17H16FN5O4/c18-12-3-1-2-10(6-12)11-8-22(9-11)17(26)23-13-7-19-15(27-5-4-24)20-14(13)21-16(23)25/h1-3,6-7,11,24H,4-5,8-9H2,(H,19,20,21,25). The Bertz CT molecular complexity index is 1060. The molecule has 1 saturated heterocycles. The molecule has 1 aliphatic rings. The van der Waals surface area contributed by atoms with Crippen molar-refractivity contribution in [3.8, 4) is 6.01 Å². The molecular weight excluding hydrogens is 357 g/mol. The number of fused-ring (bicyclic) bond motifs is 1. The van der Waals surface area contributed by atoms with Crippen LogP contribution in [0.15, 0.2) is 35.3 Å². The van der Waals surface area contributed by atoms with Crippen molar-refractivity contribution in [3.63, 3.8) is 0 Å². The van der Waals surface area contributed by atoms with E-state index in [9.17, 15) is 14.0 Å². The summed E-state index contributed by atoms with van der Waals surface area (Å²) >= 11 is 0. The zero-order chi connectivity index (χ0) is 19.0. The van der Waals surface area contributed by atoms with Gasteiger partial charge in [-0.1, -0.05) is 12.1 Å².